The van der Waals surface area contributed by atoms with Crippen molar-refractivity contribution in [3.8, 4) is 0 Å². The van der Waals surface area contributed by atoms with Crippen molar-refractivity contribution in [2.75, 3.05) is 5.73 Å². The first kappa shape index (κ1) is 10.4. The third-order valence-corrected chi connectivity index (χ3v) is 2.93. The van der Waals surface area contributed by atoms with Gasteiger partial charge < -0.3 is 5.73 Å². The highest BCUT2D eigenvalue weighted by Gasteiger charge is 2.26. The third kappa shape index (κ3) is 2.46. The summed E-state index contributed by atoms with van der Waals surface area (Å²) in [6.07, 6.45) is 5.48. The van der Waals surface area contributed by atoms with Gasteiger partial charge in [0.05, 0.1) is 0 Å². The molecule has 0 aromatic carbocycles. The summed E-state index contributed by atoms with van der Waals surface area (Å²) in [5, 5.41) is 0. The van der Waals surface area contributed by atoms with E-state index in [-0.39, 0.29) is 6.04 Å². The fraction of sp³-hybridized carbons (Fsp3) is 0.545. The van der Waals surface area contributed by atoms with Gasteiger partial charge in [-0.15, -0.1) is 0 Å². The van der Waals surface area contributed by atoms with Gasteiger partial charge in [0.1, 0.15) is 5.82 Å². The molecule has 4 heteroatoms. The highest BCUT2D eigenvalue weighted by Crippen LogP contribution is 2.38. The number of nitrogens with zero attached hydrogens (tertiary/aromatic N) is 1. The average Bonchev–Trinajstić information content (AvgIpc) is 3.02. The summed E-state index contributed by atoms with van der Waals surface area (Å²) in [7, 11) is 0. The van der Waals surface area contributed by atoms with Crippen LogP contribution in [0.2, 0.25) is 0 Å². The molecule has 0 bridgehead atoms. The highest BCUT2D eigenvalue weighted by atomic mass is 15.2. The van der Waals surface area contributed by atoms with Gasteiger partial charge in [0.25, 0.3) is 0 Å². The largest absolute Gasteiger partial charge is 0.383 e. The SMILES string of the molecule is Cc1cnc(N)c(C(CC2CC2)NN)c1. The van der Waals surface area contributed by atoms with Crippen molar-refractivity contribution in [3.63, 3.8) is 0 Å². The first-order valence-corrected chi connectivity index (χ1v) is 5.39. The molecule has 15 heavy (non-hydrogen) atoms. The van der Waals surface area contributed by atoms with Crippen molar-refractivity contribution < 1.29 is 0 Å². The van der Waals surface area contributed by atoms with E-state index in [1.165, 1.54) is 12.8 Å². The first-order chi connectivity index (χ1) is 7.20. The zero-order valence-corrected chi connectivity index (χ0v) is 9.03. The number of nitrogens with two attached hydrogens (primary N) is 2. The summed E-state index contributed by atoms with van der Waals surface area (Å²) in [5.41, 5.74) is 10.8. The molecule has 1 heterocycles. The lowest BCUT2D eigenvalue weighted by molar-refractivity contribution is 0.487. The molecule has 1 saturated carbocycles. The normalized spacial score (nSPS) is 17.7. The van der Waals surface area contributed by atoms with Gasteiger partial charge >= 0.3 is 0 Å². The maximum absolute atomic E-state index is 5.86. The smallest absolute Gasteiger partial charge is 0.128 e. The van der Waals surface area contributed by atoms with Gasteiger partial charge in [0, 0.05) is 17.8 Å². The fourth-order valence-corrected chi connectivity index (χ4v) is 1.85. The number of hydrogen-bond acceptors (Lipinski definition) is 4. The molecule has 0 saturated heterocycles. The van der Waals surface area contributed by atoms with Gasteiger partial charge in [-0.1, -0.05) is 12.8 Å². The number of hydrazine groups is 1. The molecule has 0 amide bonds. The Labute approximate surface area is 90.0 Å². The van der Waals surface area contributed by atoms with Gasteiger partial charge in [-0.05, 0) is 30.9 Å². The van der Waals surface area contributed by atoms with Crippen molar-refractivity contribution in [3.05, 3.63) is 23.4 Å². The van der Waals surface area contributed by atoms with Crippen LogP contribution in [0.1, 0.15) is 36.4 Å². The second-order valence-corrected chi connectivity index (χ2v) is 4.39. The molecule has 1 aliphatic rings. The molecule has 1 fully saturated rings. The number of anilines is 1. The van der Waals surface area contributed by atoms with Crippen LogP contribution < -0.4 is 17.0 Å². The van der Waals surface area contributed by atoms with E-state index >= 15 is 0 Å². The Hall–Kier alpha value is -1.13. The summed E-state index contributed by atoms with van der Waals surface area (Å²) in [6.45, 7) is 2.01. The topological polar surface area (TPSA) is 77.0 Å². The van der Waals surface area contributed by atoms with Crippen molar-refractivity contribution in [1.29, 1.82) is 0 Å². The second-order valence-electron chi connectivity index (χ2n) is 4.39. The van der Waals surface area contributed by atoms with Crippen LogP contribution in [-0.2, 0) is 0 Å². The highest BCUT2D eigenvalue weighted by molar-refractivity contribution is 5.43. The van der Waals surface area contributed by atoms with Crippen molar-refractivity contribution in [2.45, 2.75) is 32.2 Å². The zero-order chi connectivity index (χ0) is 10.8. The molecule has 1 aromatic rings. The Morgan fingerprint density at radius 3 is 2.93 bits per heavy atom. The number of nitrogens with one attached hydrogen (secondary N) is 1. The molecule has 0 spiro atoms. The molecule has 0 radical (unpaired) electrons. The number of aromatic nitrogens is 1. The van der Waals surface area contributed by atoms with Crippen LogP contribution in [0.25, 0.3) is 0 Å². The van der Waals surface area contributed by atoms with E-state index in [1.54, 1.807) is 6.20 Å². The zero-order valence-electron chi connectivity index (χ0n) is 9.03. The number of pyridine rings is 1. The van der Waals surface area contributed by atoms with Gasteiger partial charge in [0.2, 0.25) is 0 Å². The maximum Gasteiger partial charge on any atom is 0.128 e. The Morgan fingerprint density at radius 1 is 1.60 bits per heavy atom. The number of aryl methyl sites for hydroxylation is 1. The molecule has 1 atom stereocenters. The molecular formula is C11H18N4. The Balaban J connectivity index is 2.19. The minimum atomic E-state index is 0.143. The summed E-state index contributed by atoms with van der Waals surface area (Å²) >= 11 is 0. The lowest BCUT2D eigenvalue weighted by Gasteiger charge is -2.17. The first-order valence-electron chi connectivity index (χ1n) is 5.39. The average molecular weight is 206 g/mol. The molecule has 5 N–H and O–H groups in total. The lowest BCUT2D eigenvalue weighted by Crippen LogP contribution is -2.29. The van der Waals surface area contributed by atoms with E-state index in [4.69, 9.17) is 11.6 Å². The summed E-state index contributed by atoms with van der Waals surface area (Å²) in [5.74, 6) is 6.96. The van der Waals surface area contributed by atoms with Crippen LogP contribution in [0.3, 0.4) is 0 Å². The number of rotatable bonds is 4. The Bertz CT molecular complexity index is 346. The van der Waals surface area contributed by atoms with Crippen LogP contribution in [0.15, 0.2) is 12.3 Å². The van der Waals surface area contributed by atoms with E-state index in [2.05, 4.69) is 16.5 Å². The second kappa shape index (κ2) is 4.16. The molecular weight excluding hydrogens is 188 g/mol. The van der Waals surface area contributed by atoms with Crippen LogP contribution in [-0.4, -0.2) is 4.98 Å². The summed E-state index contributed by atoms with van der Waals surface area (Å²) in [6, 6.07) is 2.21. The Kier molecular flexibility index (Phi) is 2.88. The minimum absolute atomic E-state index is 0.143. The molecule has 1 aliphatic carbocycles. The van der Waals surface area contributed by atoms with Gasteiger partial charge in [-0.3, -0.25) is 11.3 Å². The molecule has 4 nitrogen and oxygen atoms in total. The summed E-state index contributed by atoms with van der Waals surface area (Å²) < 4.78 is 0. The van der Waals surface area contributed by atoms with Crippen LogP contribution in [0, 0.1) is 12.8 Å². The quantitative estimate of drug-likeness (QED) is 0.512. The molecule has 0 aliphatic heterocycles. The van der Waals surface area contributed by atoms with Gasteiger partial charge in [0.15, 0.2) is 0 Å². The standard InChI is InChI=1S/C11H18N4/c1-7-4-9(11(12)14-6-7)10(15-13)5-8-2-3-8/h4,6,8,10,15H,2-3,5,13H2,1H3,(H2,12,14). The van der Waals surface area contributed by atoms with E-state index in [9.17, 15) is 0 Å². The predicted molar refractivity (Wildman–Crippen MR) is 60.8 cm³/mol. The monoisotopic (exact) mass is 206 g/mol. The van der Waals surface area contributed by atoms with Crippen LogP contribution >= 0.6 is 0 Å². The Morgan fingerprint density at radius 2 is 2.33 bits per heavy atom. The van der Waals surface area contributed by atoms with Gasteiger partial charge in [-0.25, -0.2) is 4.98 Å². The summed E-state index contributed by atoms with van der Waals surface area (Å²) in [4.78, 5) is 4.16. The van der Waals surface area contributed by atoms with E-state index in [1.807, 2.05) is 6.92 Å². The molecule has 1 unspecified atom stereocenters. The van der Waals surface area contributed by atoms with Crippen LogP contribution in [0.5, 0.6) is 0 Å². The fourth-order valence-electron chi connectivity index (χ4n) is 1.85. The van der Waals surface area contributed by atoms with Crippen molar-refractivity contribution in [2.24, 2.45) is 11.8 Å². The number of nitrogen functional groups attached to an aromatic ring is 1. The number of hydrogen-bond donors (Lipinski definition) is 3. The molecule has 82 valence electrons. The van der Waals surface area contributed by atoms with Gasteiger partial charge in [-0.2, -0.15) is 0 Å². The van der Waals surface area contributed by atoms with Crippen LogP contribution in [0.4, 0.5) is 5.82 Å². The molecule has 2 rings (SSSR count). The third-order valence-electron chi connectivity index (χ3n) is 2.93. The van der Waals surface area contributed by atoms with Crippen molar-refractivity contribution >= 4 is 5.82 Å². The molecule has 1 aromatic heterocycles. The predicted octanol–water partition coefficient (Wildman–Crippen LogP) is 1.28. The van der Waals surface area contributed by atoms with Crippen molar-refractivity contribution in [1.82, 2.24) is 10.4 Å². The van der Waals surface area contributed by atoms with E-state index in [0.717, 1.165) is 23.5 Å². The van der Waals surface area contributed by atoms with E-state index < -0.39 is 0 Å². The lowest BCUT2D eigenvalue weighted by atomic mass is 10.0. The van der Waals surface area contributed by atoms with E-state index in [0.29, 0.717) is 5.82 Å². The minimum Gasteiger partial charge on any atom is -0.383 e. The maximum atomic E-state index is 5.86.